The largest absolute Gasteiger partial charge is 0.378 e. The summed E-state index contributed by atoms with van der Waals surface area (Å²) in [5, 5.41) is 14.4. The number of nitro groups is 1. The lowest BCUT2D eigenvalue weighted by atomic mass is 9.81. The number of nitrogens with one attached hydrogen (secondary N) is 1. The molecular weight excluding hydrogens is 244 g/mol. The minimum atomic E-state index is -0.326. The average molecular weight is 262 g/mol. The third kappa shape index (κ3) is 2.42. The number of para-hydroxylation sites is 2. The molecule has 1 aliphatic carbocycles. The van der Waals surface area contributed by atoms with Crippen LogP contribution >= 0.6 is 0 Å². The van der Waals surface area contributed by atoms with Crippen molar-refractivity contribution in [2.45, 2.75) is 37.8 Å². The van der Waals surface area contributed by atoms with Gasteiger partial charge in [-0.15, -0.1) is 0 Å². The Morgan fingerprint density at radius 2 is 2.11 bits per heavy atom. The second kappa shape index (κ2) is 5.17. The van der Waals surface area contributed by atoms with Crippen LogP contribution in [0.3, 0.4) is 0 Å². The van der Waals surface area contributed by atoms with Crippen molar-refractivity contribution in [2.75, 3.05) is 11.9 Å². The maximum Gasteiger partial charge on any atom is 0.292 e. The summed E-state index contributed by atoms with van der Waals surface area (Å²) in [7, 11) is 0. The van der Waals surface area contributed by atoms with E-state index in [9.17, 15) is 10.1 Å². The summed E-state index contributed by atoms with van der Waals surface area (Å²) >= 11 is 0. The molecule has 0 radical (unpaired) electrons. The van der Waals surface area contributed by atoms with Crippen molar-refractivity contribution in [3.63, 3.8) is 0 Å². The predicted octanol–water partition coefficient (Wildman–Crippen LogP) is 2.96. The fourth-order valence-electron chi connectivity index (χ4n) is 3.31. The van der Waals surface area contributed by atoms with E-state index in [-0.39, 0.29) is 10.6 Å². The zero-order valence-electron chi connectivity index (χ0n) is 10.7. The van der Waals surface area contributed by atoms with Crippen LogP contribution in [-0.2, 0) is 4.74 Å². The van der Waals surface area contributed by atoms with E-state index >= 15 is 0 Å². The molecule has 102 valence electrons. The first-order valence-electron chi connectivity index (χ1n) is 6.87. The lowest BCUT2D eigenvalue weighted by molar-refractivity contribution is -0.384. The van der Waals surface area contributed by atoms with Crippen LogP contribution in [0.25, 0.3) is 0 Å². The zero-order valence-corrected chi connectivity index (χ0v) is 10.7. The Morgan fingerprint density at radius 3 is 2.95 bits per heavy atom. The van der Waals surface area contributed by atoms with Gasteiger partial charge in [0.05, 0.1) is 11.0 Å². The molecule has 5 heteroatoms. The molecule has 3 atom stereocenters. The molecule has 2 aliphatic rings. The van der Waals surface area contributed by atoms with E-state index in [2.05, 4.69) is 5.32 Å². The number of nitrogens with zero attached hydrogens (tertiary/aromatic N) is 1. The summed E-state index contributed by atoms with van der Waals surface area (Å²) in [5.74, 6) is 0.494. The minimum absolute atomic E-state index is 0.156. The van der Waals surface area contributed by atoms with Gasteiger partial charge in [-0.25, -0.2) is 0 Å². The molecule has 0 spiro atoms. The summed E-state index contributed by atoms with van der Waals surface area (Å²) < 4.78 is 5.73. The number of benzene rings is 1. The summed E-state index contributed by atoms with van der Waals surface area (Å²) in [6.07, 6.45) is 4.72. The van der Waals surface area contributed by atoms with Crippen molar-refractivity contribution < 1.29 is 9.66 Å². The highest BCUT2D eigenvalue weighted by Gasteiger charge is 2.38. The van der Waals surface area contributed by atoms with Gasteiger partial charge in [0.25, 0.3) is 5.69 Å². The first kappa shape index (κ1) is 12.4. The van der Waals surface area contributed by atoms with Crippen molar-refractivity contribution >= 4 is 11.4 Å². The highest BCUT2D eigenvalue weighted by molar-refractivity contribution is 5.61. The number of hydrogen-bond donors (Lipinski definition) is 1. The van der Waals surface area contributed by atoms with Crippen LogP contribution in [0.4, 0.5) is 11.4 Å². The number of ether oxygens (including phenoxy) is 1. The lowest BCUT2D eigenvalue weighted by Crippen LogP contribution is -2.38. The molecule has 3 unspecified atom stereocenters. The van der Waals surface area contributed by atoms with Gasteiger partial charge in [0.1, 0.15) is 5.69 Å². The molecular formula is C14H18N2O3. The number of rotatable bonds is 3. The Kier molecular flexibility index (Phi) is 3.38. The van der Waals surface area contributed by atoms with Gasteiger partial charge < -0.3 is 10.1 Å². The number of nitro benzene ring substituents is 1. The van der Waals surface area contributed by atoms with Gasteiger partial charge in [-0.1, -0.05) is 12.1 Å². The van der Waals surface area contributed by atoms with Crippen LogP contribution in [0, 0.1) is 16.0 Å². The number of fused-ring (bicyclic) bond motifs is 1. The van der Waals surface area contributed by atoms with Crippen LogP contribution in [-0.4, -0.2) is 23.7 Å². The Hall–Kier alpha value is -1.62. The van der Waals surface area contributed by atoms with Crippen molar-refractivity contribution in [1.29, 1.82) is 0 Å². The molecule has 1 saturated heterocycles. The molecule has 0 amide bonds. The maximum absolute atomic E-state index is 11.0. The van der Waals surface area contributed by atoms with Crippen molar-refractivity contribution in [1.82, 2.24) is 0 Å². The Bertz CT molecular complexity index is 478. The lowest BCUT2D eigenvalue weighted by Gasteiger charge is -2.33. The van der Waals surface area contributed by atoms with E-state index in [1.54, 1.807) is 18.2 Å². The molecule has 1 aromatic rings. The quantitative estimate of drug-likeness (QED) is 0.672. The van der Waals surface area contributed by atoms with E-state index in [4.69, 9.17) is 4.74 Å². The van der Waals surface area contributed by atoms with Gasteiger partial charge >= 0.3 is 0 Å². The summed E-state index contributed by atoms with van der Waals surface area (Å²) in [4.78, 5) is 10.7. The third-order valence-corrected chi connectivity index (χ3v) is 4.22. The molecule has 2 fully saturated rings. The Balaban J connectivity index is 1.79. The van der Waals surface area contributed by atoms with Crippen LogP contribution in [0.5, 0.6) is 0 Å². The molecule has 1 heterocycles. The SMILES string of the molecule is O=[N+]([O-])c1ccccc1NC1CCCC2OCCC12. The van der Waals surface area contributed by atoms with E-state index in [1.807, 2.05) is 6.07 Å². The molecule has 5 nitrogen and oxygen atoms in total. The normalized spacial score (nSPS) is 29.8. The first-order valence-corrected chi connectivity index (χ1v) is 6.87. The Morgan fingerprint density at radius 1 is 1.26 bits per heavy atom. The summed E-state index contributed by atoms with van der Waals surface area (Å²) in [5.41, 5.74) is 0.786. The fraction of sp³-hybridized carbons (Fsp3) is 0.571. The highest BCUT2D eigenvalue weighted by atomic mass is 16.6. The van der Waals surface area contributed by atoms with Crippen LogP contribution < -0.4 is 5.32 Å². The van der Waals surface area contributed by atoms with Crippen LogP contribution in [0.15, 0.2) is 24.3 Å². The molecule has 0 aromatic heterocycles. The van der Waals surface area contributed by atoms with Gasteiger partial charge in [0, 0.05) is 24.6 Å². The van der Waals surface area contributed by atoms with Crippen LogP contribution in [0.2, 0.25) is 0 Å². The Labute approximate surface area is 112 Å². The monoisotopic (exact) mass is 262 g/mol. The first-order chi connectivity index (χ1) is 9.25. The second-order valence-electron chi connectivity index (χ2n) is 5.32. The van der Waals surface area contributed by atoms with Gasteiger partial charge in [-0.2, -0.15) is 0 Å². The van der Waals surface area contributed by atoms with Crippen LogP contribution in [0.1, 0.15) is 25.7 Å². The molecule has 1 saturated carbocycles. The maximum atomic E-state index is 11.0. The molecule has 19 heavy (non-hydrogen) atoms. The van der Waals surface area contributed by atoms with E-state index < -0.39 is 0 Å². The van der Waals surface area contributed by atoms with Crippen molar-refractivity contribution in [3.05, 3.63) is 34.4 Å². The average Bonchev–Trinajstić information content (AvgIpc) is 2.88. The predicted molar refractivity (Wildman–Crippen MR) is 72.2 cm³/mol. The van der Waals surface area contributed by atoms with Gasteiger partial charge in [0.15, 0.2) is 0 Å². The third-order valence-electron chi connectivity index (χ3n) is 4.22. The second-order valence-corrected chi connectivity index (χ2v) is 5.32. The molecule has 1 aliphatic heterocycles. The van der Waals surface area contributed by atoms with E-state index in [0.717, 1.165) is 32.3 Å². The fourth-order valence-corrected chi connectivity index (χ4v) is 3.31. The smallest absolute Gasteiger partial charge is 0.292 e. The zero-order chi connectivity index (χ0) is 13.2. The number of hydrogen-bond acceptors (Lipinski definition) is 4. The van der Waals surface area contributed by atoms with Gasteiger partial charge in [0.2, 0.25) is 0 Å². The van der Waals surface area contributed by atoms with E-state index in [0.29, 0.717) is 23.8 Å². The molecule has 1 N–H and O–H groups in total. The van der Waals surface area contributed by atoms with Crippen molar-refractivity contribution in [3.8, 4) is 0 Å². The molecule has 0 bridgehead atoms. The van der Waals surface area contributed by atoms with E-state index in [1.165, 1.54) is 0 Å². The van der Waals surface area contributed by atoms with Gasteiger partial charge in [-0.05, 0) is 31.7 Å². The number of anilines is 1. The van der Waals surface area contributed by atoms with Crippen molar-refractivity contribution in [2.24, 2.45) is 5.92 Å². The topological polar surface area (TPSA) is 64.4 Å². The highest BCUT2D eigenvalue weighted by Crippen LogP contribution is 2.37. The van der Waals surface area contributed by atoms with Gasteiger partial charge in [-0.3, -0.25) is 10.1 Å². The molecule has 1 aromatic carbocycles. The minimum Gasteiger partial charge on any atom is -0.378 e. The molecule has 3 rings (SSSR count). The standard InChI is InChI=1S/C14H18N2O3/c17-16(18)13-6-2-1-4-12(13)15-11-5-3-7-14-10(11)8-9-19-14/h1-2,4,6,10-11,14-15H,3,5,7-9H2. The summed E-state index contributed by atoms with van der Waals surface area (Å²) in [6.45, 7) is 0.824. The summed E-state index contributed by atoms with van der Waals surface area (Å²) in [6, 6.07) is 7.17.